The fraction of sp³-hybridized carbons (Fsp3) is 0.500. The van der Waals surface area contributed by atoms with Gasteiger partial charge in [0.05, 0.1) is 6.16 Å². The molecule has 0 saturated carbocycles. The number of ketones is 1. The Morgan fingerprint density at radius 1 is 1.36 bits per heavy atom. The highest BCUT2D eigenvalue weighted by atomic mass is 31.1. The molecule has 0 spiro atoms. The van der Waals surface area contributed by atoms with Gasteiger partial charge in [-0.1, -0.05) is 0 Å². The van der Waals surface area contributed by atoms with Crippen molar-refractivity contribution < 1.29 is 28.9 Å². The molecule has 0 amide bonds. The van der Waals surface area contributed by atoms with Crippen LogP contribution in [0.25, 0.3) is 0 Å². The van der Waals surface area contributed by atoms with E-state index in [1.165, 1.54) is 0 Å². The number of aliphatic hydroxyl groups excluding tert-OH is 1. The molecule has 0 aromatic rings. The molecule has 0 heterocycles. The minimum atomic E-state index is -2.93. The van der Waals surface area contributed by atoms with Crippen molar-refractivity contribution in [2.24, 2.45) is 0 Å². The summed E-state index contributed by atoms with van der Waals surface area (Å²) in [4.78, 5) is 20.1. The topological polar surface area (TPSA) is 109 Å². The smallest absolute Gasteiger partial charge is 0.375 e. The number of carbonyl (C=O) groups excluding carboxylic acids is 1. The molecule has 0 saturated heterocycles. The standard InChI is InChI=1S/C4H5O6P/c5-2(1-11(9)10)3(6)4(7)8/h2,5H,1H2,(H,7,8). The number of carbonyl (C=O) groups is 2. The van der Waals surface area contributed by atoms with Gasteiger partial charge >= 0.3 is 13.6 Å². The van der Waals surface area contributed by atoms with Crippen LogP contribution in [0.5, 0.6) is 0 Å². The van der Waals surface area contributed by atoms with Crippen LogP contribution in [0.15, 0.2) is 0 Å². The summed E-state index contributed by atoms with van der Waals surface area (Å²) in [7, 11) is -2.93. The van der Waals surface area contributed by atoms with Crippen LogP contribution in [0.4, 0.5) is 0 Å². The lowest BCUT2D eigenvalue weighted by Crippen LogP contribution is -2.29. The maximum atomic E-state index is 10.3. The monoisotopic (exact) mass is 180 g/mol. The second kappa shape index (κ2) is 4.00. The van der Waals surface area contributed by atoms with Gasteiger partial charge in [-0.2, -0.15) is 0 Å². The average molecular weight is 180 g/mol. The molecule has 0 aromatic heterocycles. The zero-order valence-electron chi connectivity index (χ0n) is 5.26. The fourth-order valence-electron chi connectivity index (χ4n) is 0.367. The van der Waals surface area contributed by atoms with Gasteiger partial charge in [-0.15, -0.1) is 0 Å². The molecule has 0 aromatic carbocycles. The maximum Gasteiger partial charge on any atom is 0.375 e. The Morgan fingerprint density at radius 2 is 1.82 bits per heavy atom. The predicted octanol–water partition coefficient (Wildman–Crippen LogP) is -0.826. The molecule has 0 aliphatic rings. The van der Waals surface area contributed by atoms with Crippen molar-refractivity contribution in [2.45, 2.75) is 6.10 Å². The molecule has 0 bridgehead atoms. The van der Waals surface area contributed by atoms with E-state index in [1.54, 1.807) is 0 Å². The first kappa shape index (κ1) is 10.0. The van der Waals surface area contributed by atoms with Crippen molar-refractivity contribution in [2.75, 3.05) is 6.16 Å². The summed E-state index contributed by atoms with van der Waals surface area (Å²) < 4.78 is 19.7. The molecule has 0 aliphatic heterocycles. The highest BCUT2D eigenvalue weighted by Gasteiger charge is 2.23. The molecule has 1 atom stereocenters. The number of carboxylic acid groups (broad SMARTS) is 1. The first-order valence-corrected chi connectivity index (χ1v) is 3.88. The molecule has 2 N–H and O–H groups in total. The fourth-order valence-corrected chi connectivity index (χ4v) is 0.815. The number of hydrogen-bond donors (Lipinski definition) is 2. The molecule has 1 unspecified atom stereocenters. The van der Waals surface area contributed by atoms with Gasteiger partial charge in [0, 0.05) is 0 Å². The Bertz CT molecular complexity index is 233. The third-order valence-corrected chi connectivity index (χ3v) is 1.48. The summed E-state index contributed by atoms with van der Waals surface area (Å²) in [5.41, 5.74) is 0. The molecule has 62 valence electrons. The lowest BCUT2D eigenvalue weighted by molar-refractivity contribution is -0.152. The minimum absolute atomic E-state index is 0.847. The van der Waals surface area contributed by atoms with Gasteiger partial charge in [-0.05, 0) is 0 Å². The second-order valence-electron chi connectivity index (χ2n) is 1.70. The van der Waals surface area contributed by atoms with Crippen LogP contribution in [0.3, 0.4) is 0 Å². The Balaban J connectivity index is 4.14. The molecule has 0 rings (SSSR count). The van der Waals surface area contributed by atoms with Crippen LogP contribution in [-0.4, -0.2) is 34.2 Å². The van der Waals surface area contributed by atoms with Crippen LogP contribution < -0.4 is 0 Å². The van der Waals surface area contributed by atoms with Gasteiger partial charge < -0.3 is 10.2 Å². The predicted molar refractivity (Wildman–Crippen MR) is 31.8 cm³/mol. The SMILES string of the molecule is O=C(O)C(=O)C(O)CP(=O)=O. The van der Waals surface area contributed by atoms with Gasteiger partial charge in [-0.3, -0.25) is 4.79 Å². The van der Waals surface area contributed by atoms with Crippen LogP contribution >= 0.6 is 7.68 Å². The number of rotatable bonds is 4. The molecule has 11 heavy (non-hydrogen) atoms. The Hall–Kier alpha value is -1.00. The highest BCUT2D eigenvalue weighted by molar-refractivity contribution is 7.30. The molecule has 0 radical (unpaired) electrons. The lowest BCUT2D eigenvalue weighted by Gasteiger charge is -1.97. The largest absolute Gasteiger partial charge is 0.475 e. The summed E-state index contributed by atoms with van der Waals surface area (Å²) in [5.74, 6) is -3.35. The quantitative estimate of drug-likeness (QED) is 0.431. The first-order chi connectivity index (χ1) is 4.95. The van der Waals surface area contributed by atoms with Crippen LogP contribution in [-0.2, 0) is 18.7 Å². The zero-order valence-corrected chi connectivity index (χ0v) is 6.15. The zero-order chi connectivity index (χ0) is 9.02. The van der Waals surface area contributed by atoms with E-state index < -0.39 is 31.7 Å². The van der Waals surface area contributed by atoms with E-state index in [4.69, 9.17) is 10.2 Å². The van der Waals surface area contributed by atoms with Crippen molar-refractivity contribution in [1.82, 2.24) is 0 Å². The number of Topliss-reactive ketones (excluding diaryl/α,β-unsaturated/α-hetero) is 1. The first-order valence-electron chi connectivity index (χ1n) is 2.52. The van der Waals surface area contributed by atoms with E-state index >= 15 is 0 Å². The highest BCUT2D eigenvalue weighted by Crippen LogP contribution is 2.05. The summed E-state index contributed by atoms with van der Waals surface area (Å²) >= 11 is 0. The molecule has 0 fully saturated rings. The van der Waals surface area contributed by atoms with Crippen LogP contribution in [0.2, 0.25) is 0 Å². The van der Waals surface area contributed by atoms with Crippen molar-refractivity contribution >= 4 is 19.4 Å². The van der Waals surface area contributed by atoms with Crippen LogP contribution in [0.1, 0.15) is 0 Å². The van der Waals surface area contributed by atoms with E-state index in [9.17, 15) is 18.7 Å². The average Bonchev–Trinajstić information content (AvgIpc) is 1.84. The third-order valence-electron chi connectivity index (χ3n) is 0.835. The third kappa shape index (κ3) is 3.64. The summed E-state index contributed by atoms with van der Waals surface area (Å²) in [5, 5.41) is 16.5. The van der Waals surface area contributed by atoms with E-state index in [2.05, 4.69) is 0 Å². The van der Waals surface area contributed by atoms with E-state index in [0.29, 0.717) is 0 Å². The molecular weight excluding hydrogens is 175 g/mol. The van der Waals surface area contributed by atoms with Gasteiger partial charge in [0.25, 0.3) is 5.78 Å². The number of hydrogen-bond acceptors (Lipinski definition) is 5. The van der Waals surface area contributed by atoms with Gasteiger partial charge in [-0.25, -0.2) is 13.9 Å². The van der Waals surface area contributed by atoms with Gasteiger partial charge in [0.1, 0.15) is 6.10 Å². The van der Waals surface area contributed by atoms with Crippen molar-refractivity contribution in [3.05, 3.63) is 0 Å². The summed E-state index contributed by atoms with van der Waals surface area (Å²) in [6.45, 7) is 0. The summed E-state index contributed by atoms with van der Waals surface area (Å²) in [6, 6.07) is 0. The number of aliphatic carboxylic acids is 1. The minimum Gasteiger partial charge on any atom is -0.475 e. The van der Waals surface area contributed by atoms with E-state index in [1.807, 2.05) is 0 Å². The van der Waals surface area contributed by atoms with Crippen molar-refractivity contribution in [1.29, 1.82) is 0 Å². The number of carboxylic acids is 1. The van der Waals surface area contributed by atoms with E-state index in [-0.39, 0.29) is 0 Å². The molecule has 6 nitrogen and oxygen atoms in total. The van der Waals surface area contributed by atoms with Crippen LogP contribution in [0, 0.1) is 0 Å². The lowest BCUT2D eigenvalue weighted by atomic mass is 10.3. The summed E-state index contributed by atoms with van der Waals surface area (Å²) in [6.07, 6.45) is -2.80. The second-order valence-corrected chi connectivity index (χ2v) is 2.73. The normalized spacial score (nSPS) is 12.1. The Morgan fingerprint density at radius 3 is 2.09 bits per heavy atom. The van der Waals surface area contributed by atoms with Gasteiger partial charge in [0.2, 0.25) is 0 Å². The van der Waals surface area contributed by atoms with Crippen molar-refractivity contribution in [3.8, 4) is 0 Å². The molecule has 0 aliphatic carbocycles. The molecule has 7 heteroatoms. The molecular formula is C4H5O6P. The Kier molecular flexibility index (Phi) is 3.64. The van der Waals surface area contributed by atoms with Gasteiger partial charge in [0.15, 0.2) is 0 Å². The van der Waals surface area contributed by atoms with Crippen molar-refractivity contribution in [3.63, 3.8) is 0 Å². The van der Waals surface area contributed by atoms with E-state index in [0.717, 1.165) is 0 Å². The maximum absolute atomic E-state index is 10.3. The number of aliphatic hydroxyl groups is 1. The Labute approximate surface area is 61.7 Å².